The highest BCUT2D eigenvalue weighted by Gasteiger charge is 2.34. The van der Waals surface area contributed by atoms with Crippen molar-refractivity contribution in [2.24, 2.45) is 5.92 Å². The molecule has 2 atom stereocenters. The normalized spacial score (nSPS) is 20.9. The Morgan fingerprint density at radius 3 is 2.88 bits per heavy atom. The quantitative estimate of drug-likeness (QED) is 0.844. The molecule has 0 aromatic carbocycles. The van der Waals surface area contributed by atoms with Gasteiger partial charge in [-0.3, -0.25) is 9.88 Å². The smallest absolute Gasteiger partial charge is 0.173 e. The lowest BCUT2D eigenvalue weighted by atomic mass is 9.95. The maximum Gasteiger partial charge on any atom is 0.173 e. The van der Waals surface area contributed by atoms with E-state index in [4.69, 9.17) is 0 Å². The number of pyridine rings is 1. The van der Waals surface area contributed by atoms with Crippen LogP contribution in [0.25, 0.3) is 0 Å². The first-order valence-electron chi connectivity index (χ1n) is 8.95. The molecule has 3 rings (SSSR count). The molecule has 0 amide bonds. The van der Waals surface area contributed by atoms with Gasteiger partial charge in [0.25, 0.3) is 0 Å². The molecule has 2 aromatic heterocycles. The molecule has 0 radical (unpaired) electrons. The molecule has 3 heterocycles. The monoisotopic (exact) mass is 328 g/mol. The summed E-state index contributed by atoms with van der Waals surface area (Å²) < 4.78 is 2.00. The number of aromatic nitrogens is 5. The summed E-state index contributed by atoms with van der Waals surface area (Å²) >= 11 is 0. The molecular formula is C18H28N6. The highest BCUT2D eigenvalue weighted by Crippen LogP contribution is 2.33. The van der Waals surface area contributed by atoms with E-state index in [-0.39, 0.29) is 11.6 Å². The number of nitrogens with zero attached hydrogens (tertiary/aromatic N) is 6. The standard InChI is InChI=1S/C18H28N6/c1-5-18(3,4)24-17(20-21-22-24)16(15-9-6-10-19-12-15)23-11-7-8-14(2)13-23/h6,9-10,12,14,16H,5,7-8,11,13H2,1-4H3/t14-,16-/m0/s1. The van der Waals surface area contributed by atoms with Crippen LogP contribution in [0.3, 0.4) is 0 Å². The third-order valence-corrected chi connectivity index (χ3v) is 5.23. The molecule has 6 heteroatoms. The Bertz CT molecular complexity index is 651. The third kappa shape index (κ3) is 3.34. The van der Waals surface area contributed by atoms with Crippen molar-refractivity contribution in [3.05, 3.63) is 35.9 Å². The molecule has 0 N–H and O–H groups in total. The van der Waals surface area contributed by atoms with Gasteiger partial charge in [-0.25, -0.2) is 4.68 Å². The zero-order valence-electron chi connectivity index (χ0n) is 15.2. The maximum absolute atomic E-state index is 4.44. The molecule has 24 heavy (non-hydrogen) atoms. The summed E-state index contributed by atoms with van der Waals surface area (Å²) in [6, 6.07) is 4.19. The van der Waals surface area contributed by atoms with Gasteiger partial charge in [0.05, 0.1) is 11.6 Å². The fourth-order valence-corrected chi connectivity index (χ4v) is 3.47. The number of tetrazole rings is 1. The van der Waals surface area contributed by atoms with Crippen LogP contribution in [0, 0.1) is 5.92 Å². The number of hydrogen-bond donors (Lipinski definition) is 0. The van der Waals surface area contributed by atoms with Crippen molar-refractivity contribution in [1.82, 2.24) is 30.1 Å². The van der Waals surface area contributed by atoms with Gasteiger partial charge in [0.15, 0.2) is 5.82 Å². The molecule has 130 valence electrons. The number of likely N-dealkylation sites (tertiary alicyclic amines) is 1. The lowest BCUT2D eigenvalue weighted by Crippen LogP contribution is -2.40. The minimum Gasteiger partial charge on any atom is -0.289 e. The molecule has 1 fully saturated rings. The summed E-state index contributed by atoms with van der Waals surface area (Å²) in [5.74, 6) is 1.62. The van der Waals surface area contributed by atoms with E-state index in [1.165, 1.54) is 12.8 Å². The van der Waals surface area contributed by atoms with Crippen LogP contribution < -0.4 is 0 Å². The largest absolute Gasteiger partial charge is 0.289 e. The summed E-state index contributed by atoms with van der Waals surface area (Å²) in [5, 5.41) is 12.8. The zero-order chi connectivity index (χ0) is 17.2. The number of piperidine rings is 1. The Morgan fingerprint density at radius 2 is 2.21 bits per heavy atom. The average Bonchev–Trinajstić information content (AvgIpc) is 3.06. The second-order valence-corrected chi connectivity index (χ2v) is 7.55. The number of hydrogen-bond acceptors (Lipinski definition) is 5. The van der Waals surface area contributed by atoms with Gasteiger partial charge in [0, 0.05) is 18.9 Å². The van der Waals surface area contributed by atoms with Crippen LogP contribution >= 0.6 is 0 Å². The Morgan fingerprint density at radius 1 is 1.38 bits per heavy atom. The van der Waals surface area contributed by atoms with E-state index in [0.717, 1.165) is 30.9 Å². The minimum atomic E-state index is -0.110. The predicted molar refractivity (Wildman–Crippen MR) is 93.5 cm³/mol. The summed E-state index contributed by atoms with van der Waals surface area (Å²) in [6.45, 7) is 11.0. The van der Waals surface area contributed by atoms with Crippen LogP contribution in [0.2, 0.25) is 0 Å². The topological polar surface area (TPSA) is 59.7 Å². The minimum absolute atomic E-state index is 0.0577. The molecule has 1 aliphatic heterocycles. The van der Waals surface area contributed by atoms with Crippen LogP contribution in [0.15, 0.2) is 24.5 Å². The van der Waals surface area contributed by atoms with Crippen molar-refractivity contribution in [1.29, 1.82) is 0 Å². The maximum atomic E-state index is 4.44. The van der Waals surface area contributed by atoms with Crippen LogP contribution in [0.4, 0.5) is 0 Å². The van der Waals surface area contributed by atoms with Gasteiger partial charge in [-0.05, 0) is 67.6 Å². The average molecular weight is 328 g/mol. The van der Waals surface area contributed by atoms with E-state index >= 15 is 0 Å². The molecule has 1 saturated heterocycles. The van der Waals surface area contributed by atoms with Gasteiger partial charge in [0.1, 0.15) is 0 Å². The van der Waals surface area contributed by atoms with Crippen molar-refractivity contribution < 1.29 is 0 Å². The Hall–Kier alpha value is -1.82. The SMILES string of the molecule is CCC(C)(C)n1nnnc1[C@H](c1cccnc1)N1CCC[C@H](C)C1. The van der Waals surface area contributed by atoms with E-state index in [1.54, 1.807) is 0 Å². The molecule has 0 aliphatic carbocycles. The van der Waals surface area contributed by atoms with Crippen molar-refractivity contribution in [2.75, 3.05) is 13.1 Å². The zero-order valence-corrected chi connectivity index (χ0v) is 15.2. The Labute approximate surface area is 144 Å². The Kier molecular flexibility index (Phi) is 4.94. The van der Waals surface area contributed by atoms with Gasteiger partial charge >= 0.3 is 0 Å². The molecule has 6 nitrogen and oxygen atoms in total. The van der Waals surface area contributed by atoms with Gasteiger partial charge in [-0.2, -0.15) is 0 Å². The van der Waals surface area contributed by atoms with E-state index < -0.39 is 0 Å². The van der Waals surface area contributed by atoms with E-state index in [2.05, 4.69) is 59.2 Å². The lowest BCUT2D eigenvalue weighted by Gasteiger charge is -2.37. The van der Waals surface area contributed by atoms with Crippen LogP contribution in [0.1, 0.15) is 64.4 Å². The second kappa shape index (κ2) is 6.97. The van der Waals surface area contributed by atoms with E-state index in [9.17, 15) is 0 Å². The number of rotatable bonds is 5. The van der Waals surface area contributed by atoms with E-state index in [1.807, 2.05) is 23.1 Å². The molecule has 0 spiro atoms. The third-order valence-electron chi connectivity index (χ3n) is 5.23. The molecule has 0 unspecified atom stereocenters. The first kappa shape index (κ1) is 17.0. The summed E-state index contributed by atoms with van der Waals surface area (Å²) in [7, 11) is 0. The highest BCUT2D eigenvalue weighted by molar-refractivity contribution is 5.22. The van der Waals surface area contributed by atoms with Crippen molar-refractivity contribution in [2.45, 2.75) is 58.5 Å². The second-order valence-electron chi connectivity index (χ2n) is 7.55. The summed E-state index contributed by atoms with van der Waals surface area (Å²) in [5.41, 5.74) is 1.05. The van der Waals surface area contributed by atoms with Gasteiger partial charge in [0.2, 0.25) is 0 Å². The molecular weight excluding hydrogens is 300 g/mol. The van der Waals surface area contributed by atoms with Crippen molar-refractivity contribution in [3.8, 4) is 0 Å². The molecule has 1 aliphatic rings. The molecule has 2 aromatic rings. The predicted octanol–water partition coefficient (Wildman–Crippen LogP) is 3.03. The first-order valence-corrected chi connectivity index (χ1v) is 8.95. The molecule has 0 bridgehead atoms. The van der Waals surface area contributed by atoms with Crippen LogP contribution in [-0.4, -0.2) is 43.2 Å². The fourth-order valence-electron chi connectivity index (χ4n) is 3.47. The van der Waals surface area contributed by atoms with Crippen LogP contribution in [0.5, 0.6) is 0 Å². The van der Waals surface area contributed by atoms with Gasteiger partial charge in [-0.15, -0.1) is 5.10 Å². The van der Waals surface area contributed by atoms with Crippen molar-refractivity contribution in [3.63, 3.8) is 0 Å². The van der Waals surface area contributed by atoms with Crippen LogP contribution in [-0.2, 0) is 5.54 Å². The highest BCUT2D eigenvalue weighted by atomic mass is 15.6. The van der Waals surface area contributed by atoms with Gasteiger partial charge in [-0.1, -0.05) is 19.9 Å². The Balaban J connectivity index is 2.05. The van der Waals surface area contributed by atoms with Crippen molar-refractivity contribution >= 4 is 0 Å². The first-order chi connectivity index (χ1) is 11.5. The summed E-state index contributed by atoms with van der Waals surface area (Å²) in [6.07, 6.45) is 7.25. The lowest BCUT2D eigenvalue weighted by molar-refractivity contribution is 0.135. The van der Waals surface area contributed by atoms with E-state index in [0.29, 0.717) is 5.92 Å². The summed E-state index contributed by atoms with van der Waals surface area (Å²) in [4.78, 5) is 6.85. The van der Waals surface area contributed by atoms with Gasteiger partial charge < -0.3 is 0 Å². The fraction of sp³-hybridized carbons (Fsp3) is 0.667. The molecule has 0 saturated carbocycles.